The second-order valence-electron chi connectivity index (χ2n) is 4.14. The van der Waals surface area contributed by atoms with E-state index in [0.29, 0.717) is 0 Å². The molecule has 0 aliphatic rings. The van der Waals surface area contributed by atoms with E-state index in [2.05, 4.69) is 37.0 Å². The zero-order chi connectivity index (χ0) is 13.0. The summed E-state index contributed by atoms with van der Waals surface area (Å²) >= 11 is 1.75. The molecule has 0 bridgehead atoms. The number of aryl methyl sites for hydroxylation is 1. The molecule has 1 aromatic carbocycles. The second-order valence-corrected chi connectivity index (χ2v) is 5.46. The van der Waals surface area contributed by atoms with Crippen molar-refractivity contribution in [3.05, 3.63) is 51.7 Å². The van der Waals surface area contributed by atoms with Gasteiger partial charge in [0.1, 0.15) is 5.75 Å². The summed E-state index contributed by atoms with van der Waals surface area (Å²) in [5.74, 6) is 0.893. The number of hydrogen-bond donors (Lipinski definition) is 0. The fourth-order valence-electron chi connectivity index (χ4n) is 1.80. The molecule has 0 aliphatic carbocycles. The molecule has 1 unspecified atom stereocenters. The number of rotatable bonds is 4. The molecule has 0 radical (unpaired) electrons. The minimum absolute atomic E-state index is 0.101. The number of methoxy groups -OCH3 is 1. The van der Waals surface area contributed by atoms with E-state index in [1.807, 2.05) is 24.4 Å². The Morgan fingerprint density at radius 3 is 2.67 bits per heavy atom. The second kappa shape index (κ2) is 5.83. The zero-order valence-electron chi connectivity index (χ0n) is 10.9. The van der Waals surface area contributed by atoms with Crippen molar-refractivity contribution < 1.29 is 4.74 Å². The smallest absolute Gasteiger partial charge is 0.124 e. The molecule has 0 saturated heterocycles. The van der Waals surface area contributed by atoms with Crippen molar-refractivity contribution in [1.82, 2.24) is 0 Å². The van der Waals surface area contributed by atoms with Crippen molar-refractivity contribution in [2.45, 2.75) is 19.9 Å². The minimum Gasteiger partial charge on any atom is -0.496 e. The maximum Gasteiger partial charge on any atom is 0.124 e. The van der Waals surface area contributed by atoms with Gasteiger partial charge < -0.3 is 4.74 Å². The van der Waals surface area contributed by atoms with Gasteiger partial charge in [0.2, 0.25) is 0 Å². The summed E-state index contributed by atoms with van der Waals surface area (Å²) in [5.41, 5.74) is 1.12. The van der Waals surface area contributed by atoms with E-state index >= 15 is 0 Å². The van der Waals surface area contributed by atoms with Crippen LogP contribution in [0.15, 0.2) is 41.4 Å². The first-order valence-electron chi connectivity index (χ1n) is 5.93. The highest BCUT2D eigenvalue weighted by atomic mass is 32.1. The standard InChI is InChI=1S/C15H17NOS/c1-11-8-9-13(18-11)10-16-12(2)14-6-4-5-7-15(14)17-3/h4-10,12H,1-3H3. The first kappa shape index (κ1) is 12.8. The molecule has 2 rings (SSSR count). The average Bonchev–Trinajstić information content (AvgIpc) is 2.81. The number of para-hydroxylation sites is 1. The van der Waals surface area contributed by atoms with E-state index in [0.717, 1.165) is 11.3 Å². The van der Waals surface area contributed by atoms with Gasteiger partial charge in [0.15, 0.2) is 0 Å². The lowest BCUT2D eigenvalue weighted by atomic mass is 10.1. The Kier molecular flexibility index (Phi) is 4.15. The van der Waals surface area contributed by atoms with Crippen LogP contribution >= 0.6 is 11.3 Å². The predicted octanol–water partition coefficient (Wildman–Crippen LogP) is 4.25. The quantitative estimate of drug-likeness (QED) is 0.752. The fraction of sp³-hybridized carbons (Fsp3) is 0.267. The first-order valence-corrected chi connectivity index (χ1v) is 6.75. The van der Waals surface area contributed by atoms with Crippen molar-refractivity contribution in [3.8, 4) is 5.75 Å². The molecule has 1 atom stereocenters. The fourth-order valence-corrected chi connectivity index (χ4v) is 2.56. The molecule has 18 heavy (non-hydrogen) atoms. The Bertz CT molecular complexity index is 545. The van der Waals surface area contributed by atoms with Gasteiger partial charge in [-0.1, -0.05) is 18.2 Å². The Hall–Kier alpha value is -1.61. The van der Waals surface area contributed by atoms with Crippen LogP contribution in [0.1, 0.15) is 28.3 Å². The third kappa shape index (κ3) is 2.99. The monoisotopic (exact) mass is 259 g/mol. The number of aliphatic imine (C=N–C) groups is 1. The van der Waals surface area contributed by atoms with E-state index in [1.165, 1.54) is 9.75 Å². The van der Waals surface area contributed by atoms with Crippen LogP contribution in [0.5, 0.6) is 5.75 Å². The lowest BCUT2D eigenvalue weighted by molar-refractivity contribution is 0.407. The van der Waals surface area contributed by atoms with Crippen LogP contribution in [-0.4, -0.2) is 13.3 Å². The van der Waals surface area contributed by atoms with Gasteiger partial charge in [-0.05, 0) is 32.0 Å². The van der Waals surface area contributed by atoms with Crippen LogP contribution in [0.4, 0.5) is 0 Å². The Morgan fingerprint density at radius 1 is 1.22 bits per heavy atom. The highest BCUT2D eigenvalue weighted by Crippen LogP contribution is 2.27. The molecular weight excluding hydrogens is 242 g/mol. The van der Waals surface area contributed by atoms with Crippen LogP contribution in [0.2, 0.25) is 0 Å². The summed E-state index contributed by atoms with van der Waals surface area (Å²) in [5, 5.41) is 0. The molecule has 2 nitrogen and oxygen atoms in total. The largest absolute Gasteiger partial charge is 0.496 e. The SMILES string of the molecule is COc1ccccc1C(C)N=Cc1ccc(C)s1. The van der Waals surface area contributed by atoms with Gasteiger partial charge in [-0.2, -0.15) is 0 Å². The molecular formula is C15H17NOS. The van der Waals surface area contributed by atoms with E-state index < -0.39 is 0 Å². The van der Waals surface area contributed by atoms with Crippen LogP contribution in [-0.2, 0) is 0 Å². The number of benzene rings is 1. The lowest BCUT2D eigenvalue weighted by Gasteiger charge is -2.11. The maximum absolute atomic E-state index is 5.35. The Labute approximate surface area is 112 Å². The first-order chi connectivity index (χ1) is 8.70. The number of thiophene rings is 1. The van der Waals surface area contributed by atoms with Crippen LogP contribution in [0.3, 0.4) is 0 Å². The van der Waals surface area contributed by atoms with Gasteiger partial charge in [-0.3, -0.25) is 4.99 Å². The highest BCUT2D eigenvalue weighted by molar-refractivity contribution is 7.13. The van der Waals surface area contributed by atoms with Crippen molar-refractivity contribution in [3.63, 3.8) is 0 Å². The molecule has 2 aromatic rings. The maximum atomic E-state index is 5.35. The molecule has 0 saturated carbocycles. The van der Waals surface area contributed by atoms with Crippen molar-refractivity contribution in [1.29, 1.82) is 0 Å². The zero-order valence-corrected chi connectivity index (χ0v) is 11.7. The highest BCUT2D eigenvalue weighted by Gasteiger charge is 2.08. The van der Waals surface area contributed by atoms with Crippen LogP contribution < -0.4 is 4.74 Å². The molecule has 0 spiro atoms. The molecule has 1 heterocycles. The summed E-state index contributed by atoms with van der Waals surface area (Å²) < 4.78 is 5.35. The van der Waals surface area contributed by atoms with E-state index in [1.54, 1.807) is 18.4 Å². The molecule has 0 amide bonds. The van der Waals surface area contributed by atoms with E-state index in [9.17, 15) is 0 Å². The normalized spacial score (nSPS) is 12.8. The molecule has 0 aliphatic heterocycles. The predicted molar refractivity (Wildman–Crippen MR) is 78.1 cm³/mol. The third-order valence-corrected chi connectivity index (χ3v) is 3.71. The van der Waals surface area contributed by atoms with Crippen molar-refractivity contribution in [2.24, 2.45) is 4.99 Å². The Morgan fingerprint density at radius 2 is 2.00 bits per heavy atom. The van der Waals surface area contributed by atoms with Gasteiger partial charge in [0.25, 0.3) is 0 Å². The summed E-state index contributed by atoms with van der Waals surface area (Å²) in [7, 11) is 1.69. The molecule has 0 N–H and O–H groups in total. The molecule has 3 heteroatoms. The van der Waals surface area contributed by atoms with Crippen LogP contribution in [0, 0.1) is 6.92 Å². The topological polar surface area (TPSA) is 21.6 Å². The Balaban J connectivity index is 2.16. The average molecular weight is 259 g/mol. The van der Waals surface area contributed by atoms with E-state index in [-0.39, 0.29) is 6.04 Å². The van der Waals surface area contributed by atoms with Gasteiger partial charge >= 0.3 is 0 Å². The van der Waals surface area contributed by atoms with Gasteiger partial charge in [0.05, 0.1) is 13.2 Å². The third-order valence-electron chi connectivity index (χ3n) is 2.78. The lowest BCUT2D eigenvalue weighted by Crippen LogP contribution is -1.95. The molecule has 1 aromatic heterocycles. The van der Waals surface area contributed by atoms with E-state index in [4.69, 9.17) is 4.74 Å². The summed E-state index contributed by atoms with van der Waals surface area (Å²) in [6.07, 6.45) is 1.94. The number of hydrogen-bond acceptors (Lipinski definition) is 3. The molecule has 94 valence electrons. The number of ether oxygens (including phenoxy) is 1. The van der Waals surface area contributed by atoms with Gasteiger partial charge in [0, 0.05) is 21.5 Å². The summed E-state index contributed by atoms with van der Waals surface area (Å²) in [6.45, 7) is 4.18. The molecule has 0 fully saturated rings. The minimum atomic E-state index is 0.101. The summed E-state index contributed by atoms with van der Waals surface area (Å²) in [4.78, 5) is 7.09. The summed E-state index contributed by atoms with van der Waals surface area (Å²) in [6, 6.07) is 12.3. The van der Waals surface area contributed by atoms with Gasteiger partial charge in [-0.25, -0.2) is 0 Å². The van der Waals surface area contributed by atoms with Gasteiger partial charge in [-0.15, -0.1) is 11.3 Å². The number of nitrogens with zero attached hydrogens (tertiary/aromatic N) is 1. The van der Waals surface area contributed by atoms with Crippen LogP contribution in [0.25, 0.3) is 0 Å². The van der Waals surface area contributed by atoms with Crippen molar-refractivity contribution in [2.75, 3.05) is 7.11 Å². The van der Waals surface area contributed by atoms with Crippen molar-refractivity contribution >= 4 is 17.6 Å².